The van der Waals surface area contributed by atoms with E-state index >= 15 is 0 Å². The third-order valence-electron chi connectivity index (χ3n) is 1.86. The number of hydrogen-bond donors (Lipinski definition) is 2. The van der Waals surface area contributed by atoms with E-state index in [-0.39, 0.29) is 5.91 Å². The van der Waals surface area contributed by atoms with Gasteiger partial charge in [0.25, 0.3) is 0 Å². The van der Waals surface area contributed by atoms with Crippen LogP contribution in [0.1, 0.15) is 20.3 Å². The number of nitrogens with one attached hydrogen (secondary N) is 2. The highest BCUT2D eigenvalue weighted by Crippen LogP contribution is 2.07. The van der Waals surface area contributed by atoms with Gasteiger partial charge in [0.2, 0.25) is 5.91 Å². The second-order valence-corrected chi connectivity index (χ2v) is 3.04. The molecule has 1 aliphatic heterocycles. The minimum Gasteiger partial charge on any atom is -0.343 e. The van der Waals surface area contributed by atoms with Crippen LogP contribution < -0.4 is 10.6 Å². The van der Waals surface area contributed by atoms with Gasteiger partial charge < -0.3 is 5.32 Å². The van der Waals surface area contributed by atoms with E-state index in [1.54, 1.807) is 0 Å². The van der Waals surface area contributed by atoms with Crippen LogP contribution in [-0.2, 0) is 4.79 Å². The quantitative estimate of drug-likeness (QED) is 0.544. The van der Waals surface area contributed by atoms with Crippen molar-refractivity contribution in [2.24, 2.45) is 5.92 Å². The maximum Gasteiger partial charge on any atom is 0.222 e. The van der Waals surface area contributed by atoms with Crippen LogP contribution in [0.3, 0.4) is 0 Å². The topological polar surface area (TPSA) is 41.1 Å². The molecule has 0 aromatic rings. The van der Waals surface area contributed by atoms with E-state index < -0.39 is 0 Å². The molecule has 0 bridgehead atoms. The van der Waals surface area contributed by atoms with Gasteiger partial charge in [0, 0.05) is 12.5 Å². The Morgan fingerprint density at radius 2 is 2.30 bits per heavy atom. The molecule has 1 rings (SSSR count). The van der Waals surface area contributed by atoms with Gasteiger partial charge in [-0.05, 0) is 5.92 Å². The van der Waals surface area contributed by atoms with Crippen LogP contribution in [0.4, 0.5) is 0 Å². The molecule has 1 atom stereocenters. The molecule has 1 heterocycles. The van der Waals surface area contributed by atoms with E-state index in [0.29, 0.717) is 25.0 Å². The van der Waals surface area contributed by atoms with Crippen molar-refractivity contribution in [3.05, 3.63) is 0 Å². The average molecular weight is 142 g/mol. The first kappa shape index (κ1) is 7.54. The highest BCUT2D eigenvalue weighted by Gasteiger charge is 2.20. The van der Waals surface area contributed by atoms with Gasteiger partial charge in [-0.1, -0.05) is 13.8 Å². The lowest BCUT2D eigenvalue weighted by atomic mass is 10.00. The Morgan fingerprint density at radius 1 is 1.60 bits per heavy atom. The fourth-order valence-corrected chi connectivity index (χ4v) is 1.10. The van der Waals surface area contributed by atoms with Gasteiger partial charge >= 0.3 is 0 Å². The summed E-state index contributed by atoms with van der Waals surface area (Å²) in [4.78, 5) is 10.8. The number of carbonyl (C=O) groups excluding carboxylic acids is 1. The Morgan fingerprint density at radius 3 is 2.70 bits per heavy atom. The van der Waals surface area contributed by atoms with Crippen molar-refractivity contribution in [1.29, 1.82) is 0 Å². The van der Waals surface area contributed by atoms with Crippen molar-refractivity contribution in [1.82, 2.24) is 10.6 Å². The van der Waals surface area contributed by atoms with Crippen LogP contribution in [0.5, 0.6) is 0 Å². The molecule has 2 N–H and O–H groups in total. The Bertz CT molecular complexity index is 134. The smallest absolute Gasteiger partial charge is 0.222 e. The molecule has 3 nitrogen and oxygen atoms in total. The largest absolute Gasteiger partial charge is 0.343 e. The lowest BCUT2D eigenvalue weighted by molar-refractivity contribution is -0.123. The molecule has 1 amide bonds. The molecule has 0 radical (unpaired) electrons. The second-order valence-electron chi connectivity index (χ2n) is 3.04. The first-order valence-electron chi connectivity index (χ1n) is 3.70. The zero-order chi connectivity index (χ0) is 7.56. The van der Waals surface area contributed by atoms with Crippen LogP contribution in [-0.4, -0.2) is 18.6 Å². The van der Waals surface area contributed by atoms with E-state index in [1.807, 2.05) is 0 Å². The lowest BCUT2D eigenvalue weighted by Gasteiger charge is -2.26. The highest BCUT2D eigenvalue weighted by atomic mass is 16.1. The Kier molecular flexibility index (Phi) is 2.27. The molecule has 1 aliphatic rings. The highest BCUT2D eigenvalue weighted by molar-refractivity contribution is 5.77. The van der Waals surface area contributed by atoms with Crippen molar-refractivity contribution in [2.75, 3.05) is 6.67 Å². The average Bonchev–Trinajstić information content (AvgIpc) is 1.88. The minimum atomic E-state index is 0.164. The van der Waals surface area contributed by atoms with Crippen LogP contribution in [0.2, 0.25) is 0 Å². The molecule has 0 spiro atoms. The van der Waals surface area contributed by atoms with E-state index in [4.69, 9.17) is 0 Å². The predicted octanol–water partition coefficient (Wildman–Crippen LogP) is 0.0780. The van der Waals surface area contributed by atoms with Gasteiger partial charge in [-0.15, -0.1) is 0 Å². The van der Waals surface area contributed by atoms with E-state index in [0.717, 1.165) is 0 Å². The van der Waals surface area contributed by atoms with Gasteiger partial charge in [-0.25, -0.2) is 0 Å². The van der Waals surface area contributed by atoms with Gasteiger partial charge in [-0.2, -0.15) is 0 Å². The molecule has 0 saturated carbocycles. The van der Waals surface area contributed by atoms with Crippen molar-refractivity contribution in [3.8, 4) is 0 Å². The predicted molar refractivity (Wildman–Crippen MR) is 39.4 cm³/mol. The fourth-order valence-electron chi connectivity index (χ4n) is 1.10. The standard InChI is InChI=1S/C7H14N2O/c1-5(2)6-3-7(10)9-4-8-6/h5-6,8H,3-4H2,1-2H3,(H,9,10). The fraction of sp³-hybridized carbons (Fsp3) is 0.857. The number of amides is 1. The van der Waals surface area contributed by atoms with Crippen molar-refractivity contribution in [3.63, 3.8) is 0 Å². The molecule has 10 heavy (non-hydrogen) atoms. The van der Waals surface area contributed by atoms with Gasteiger partial charge in [0.05, 0.1) is 6.67 Å². The lowest BCUT2D eigenvalue weighted by Crippen LogP contribution is -2.50. The summed E-state index contributed by atoms with van der Waals surface area (Å²) >= 11 is 0. The molecular formula is C7H14N2O. The summed E-state index contributed by atoms with van der Waals surface area (Å²) in [7, 11) is 0. The Hall–Kier alpha value is -0.570. The van der Waals surface area contributed by atoms with Crippen LogP contribution >= 0.6 is 0 Å². The first-order valence-corrected chi connectivity index (χ1v) is 3.70. The zero-order valence-electron chi connectivity index (χ0n) is 6.48. The monoisotopic (exact) mass is 142 g/mol. The number of hydrogen-bond acceptors (Lipinski definition) is 2. The minimum absolute atomic E-state index is 0.164. The molecule has 1 fully saturated rings. The molecule has 58 valence electrons. The normalized spacial score (nSPS) is 26.7. The molecule has 0 aromatic carbocycles. The van der Waals surface area contributed by atoms with Gasteiger partial charge in [0.1, 0.15) is 0 Å². The molecule has 0 aliphatic carbocycles. The van der Waals surface area contributed by atoms with Gasteiger partial charge in [-0.3, -0.25) is 10.1 Å². The summed E-state index contributed by atoms with van der Waals surface area (Å²) in [6, 6.07) is 0.369. The van der Waals surface area contributed by atoms with E-state index in [2.05, 4.69) is 24.5 Å². The second kappa shape index (κ2) is 3.01. The van der Waals surface area contributed by atoms with Crippen LogP contribution in [0, 0.1) is 5.92 Å². The number of rotatable bonds is 1. The third kappa shape index (κ3) is 1.70. The summed E-state index contributed by atoms with van der Waals surface area (Å²) in [6.07, 6.45) is 0.623. The molecular weight excluding hydrogens is 128 g/mol. The van der Waals surface area contributed by atoms with E-state index in [1.165, 1.54) is 0 Å². The molecule has 1 saturated heterocycles. The maximum atomic E-state index is 10.8. The molecule has 1 unspecified atom stereocenters. The molecule has 3 heteroatoms. The van der Waals surface area contributed by atoms with Crippen LogP contribution in [0.15, 0.2) is 0 Å². The zero-order valence-corrected chi connectivity index (χ0v) is 6.48. The first-order chi connectivity index (χ1) is 4.70. The number of carbonyl (C=O) groups is 1. The van der Waals surface area contributed by atoms with Crippen molar-refractivity contribution >= 4 is 5.91 Å². The third-order valence-corrected chi connectivity index (χ3v) is 1.86. The van der Waals surface area contributed by atoms with Gasteiger partial charge in [0.15, 0.2) is 0 Å². The van der Waals surface area contributed by atoms with E-state index in [9.17, 15) is 4.79 Å². The summed E-state index contributed by atoms with van der Waals surface area (Å²) in [5.74, 6) is 0.712. The summed E-state index contributed by atoms with van der Waals surface area (Å²) in [5.41, 5.74) is 0. The Labute approximate surface area is 61.2 Å². The summed E-state index contributed by atoms with van der Waals surface area (Å²) < 4.78 is 0. The maximum absolute atomic E-state index is 10.8. The van der Waals surface area contributed by atoms with Crippen LogP contribution in [0.25, 0.3) is 0 Å². The van der Waals surface area contributed by atoms with Crippen molar-refractivity contribution < 1.29 is 4.79 Å². The SMILES string of the molecule is CC(C)C1CC(=O)NCN1. The molecule has 0 aromatic heterocycles. The summed E-state index contributed by atoms with van der Waals surface area (Å²) in [6.45, 7) is 4.87. The Balaban J connectivity index is 2.39. The summed E-state index contributed by atoms with van der Waals surface area (Å²) in [5, 5.41) is 5.93. The van der Waals surface area contributed by atoms with Crippen molar-refractivity contribution in [2.45, 2.75) is 26.3 Å².